The number of ether oxygens (including phenoxy) is 1. The first-order chi connectivity index (χ1) is 12.7. The van der Waals surface area contributed by atoms with E-state index in [1.54, 1.807) is 13.0 Å². The lowest BCUT2D eigenvalue weighted by Gasteiger charge is -2.23. The molecule has 19 heavy (non-hydrogen) atoms. The van der Waals surface area contributed by atoms with Crippen LogP contribution in [0.15, 0.2) is 21.6 Å². The fourth-order valence-electron chi connectivity index (χ4n) is 1.85. The molecule has 106 valence electrons. The van der Waals surface area contributed by atoms with Crippen molar-refractivity contribution in [2.45, 2.75) is 38.9 Å². The third kappa shape index (κ3) is 4.16. The molecule has 0 unspecified atom stereocenters. The van der Waals surface area contributed by atoms with Gasteiger partial charge < -0.3 is 9.64 Å². The van der Waals surface area contributed by atoms with Crippen LogP contribution in [0.3, 0.4) is 0 Å². The van der Waals surface area contributed by atoms with Crippen molar-refractivity contribution < 1.29 is 17.1 Å². The van der Waals surface area contributed by atoms with Crippen molar-refractivity contribution in [3.05, 3.63) is 11.6 Å². The fraction of sp³-hybridized carbons (Fsp3) is 0.733. The van der Waals surface area contributed by atoms with Crippen LogP contribution in [0.2, 0.25) is 0 Å². The molecular formula is C15H25N3O. The fourth-order valence-corrected chi connectivity index (χ4v) is 1.85. The molecule has 0 saturated heterocycles. The Morgan fingerprint density at radius 2 is 2.42 bits per heavy atom. The Hall–Kier alpha value is -1.16. The average Bonchev–Trinajstić information content (AvgIpc) is 3.01. The van der Waals surface area contributed by atoms with Crippen molar-refractivity contribution in [2.75, 3.05) is 33.3 Å². The molecule has 0 saturated carbocycles. The van der Waals surface area contributed by atoms with Gasteiger partial charge in [0.25, 0.3) is 0 Å². The number of nitrogens with zero attached hydrogens (tertiary/aromatic N) is 3. The van der Waals surface area contributed by atoms with Crippen molar-refractivity contribution in [3.8, 4) is 0 Å². The van der Waals surface area contributed by atoms with Gasteiger partial charge in [-0.15, -0.1) is 0 Å². The van der Waals surface area contributed by atoms with E-state index in [1.807, 2.05) is 0 Å². The first-order valence-corrected chi connectivity index (χ1v) is 6.46. The molecule has 2 aliphatic heterocycles. The molecule has 0 aromatic heterocycles. The first-order valence-electron chi connectivity index (χ1n) is 11.0. The smallest absolute Gasteiger partial charge is 0.237 e. The Labute approximate surface area is 128 Å². The second kappa shape index (κ2) is 7.43. The van der Waals surface area contributed by atoms with Gasteiger partial charge in [-0.25, -0.2) is 4.99 Å². The standard InChI is InChI=1S/C15H25N3O/c1-3-4-5-6-10-19-15-14(16-12-17-15)13-8-7-9-18(2)11-13/h8H,3-7,9-12H2,1-2H3/i2D3,5D2,6D2,10D2. The number of aliphatic imine (C=N–C) groups is 2. The van der Waals surface area contributed by atoms with Gasteiger partial charge in [-0.3, -0.25) is 4.99 Å². The third-order valence-corrected chi connectivity index (χ3v) is 2.76. The van der Waals surface area contributed by atoms with Crippen LogP contribution in [0.25, 0.3) is 0 Å². The van der Waals surface area contributed by atoms with E-state index in [0.29, 0.717) is 25.0 Å². The van der Waals surface area contributed by atoms with Gasteiger partial charge in [0.05, 0.1) is 9.30 Å². The van der Waals surface area contributed by atoms with Crippen LogP contribution in [0.1, 0.15) is 51.3 Å². The molecule has 2 heterocycles. The molecular weight excluding hydrogens is 238 g/mol. The Kier molecular flexibility index (Phi) is 2.55. The maximum Gasteiger partial charge on any atom is 0.237 e. The Bertz CT molecular complexity index is 683. The summed E-state index contributed by atoms with van der Waals surface area (Å²) < 4.78 is 75.8. The van der Waals surface area contributed by atoms with Crippen molar-refractivity contribution in [1.29, 1.82) is 0 Å². The maximum absolute atomic E-state index is 8.04. The lowest BCUT2D eigenvalue weighted by molar-refractivity contribution is 0.298. The molecule has 0 radical (unpaired) electrons. The van der Waals surface area contributed by atoms with Gasteiger partial charge in [0.15, 0.2) is 0 Å². The number of hydrogen-bond acceptors (Lipinski definition) is 4. The minimum Gasteiger partial charge on any atom is -0.476 e. The molecule has 0 aromatic rings. The zero-order chi connectivity index (χ0) is 21.4. The van der Waals surface area contributed by atoms with E-state index in [4.69, 9.17) is 17.1 Å². The molecule has 4 heteroatoms. The lowest BCUT2D eigenvalue weighted by atomic mass is 10.1. The van der Waals surface area contributed by atoms with Crippen molar-refractivity contribution in [3.63, 3.8) is 0 Å². The highest BCUT2D eigenvalue weighted by atomic mass is 16.5. The number of hydrogen-bond donors (Lipinski definition) is 0. The van der Waals surface area contributed by atoms with Gasteiger partial charge in [-0.05, 0) is 25.3 Å². The second-order valence-corrected chi connectivity index (χ2v) is 4.31. The highest BCUT2D eigenvalue weighted by Crippen LogP contribution is 2.14. The highest BCUT2D eigenvalue weighted by Gasteiger charge is 2.22. The quantitative estimate of drug-likeness (QED) is 0.745. The topological polar surface area (TPSA) is 37.2 Å². The maximum atomic E-state index is 8.04. The molecule has 2 aliphatic rings. The number of likely N-dealkylation sites (N-methyl/N-ethyl adjacent to an activating group) is 1. The van der Waals surface area contributed by atoms with Crippen LogP contribution < -0.4 is 0 Å². The van der Waals surface area contributed by atoms with Gasteiger partial charge in [0, 0.05) is 22.7 Å². The molecule has 0 aromatic carbocycles. The summed E-state index contributed by atoms with van der Waals surface area (Å²) in [5.41, 5.74) is 0.705. The SMILES string of the molecule is [2H]C([2H])([2H])N1CCC=C(C2=NCN=C2OC([2H])([2H])C([2H])([2H])C([2H])([2H])CCC)C1. The summed E-state index contributed by atoms with van der Waals surface area (Å²) in [6.45, 7) is -3.24. The predicted octanol–water partition coefficient (Wildman–Crippen LogP) is 2.66. The molecule has 0 fully saturated rings. The summed E-state index contributed by atoms with van der Waals surface area (Å²) >= 11 is 0. The van der Waals surface area contributed by atoms with Gasteiger partial charge >= 0.3 is 0 Å². The molecule has 0 spiro atoms. The van der Waals surface area contributed by atoms with Crippen molar-refractivity contribution in [2.24, 2.45) is 9.98 Å². The number of rotatable bonds is 6. The predicted molar refractivity (Wildman–Crippen MR) is 80.0 cm³/mol. The normalized spacial score (nSPS) is 29.9. The summed E-state index contributed by atoms with van der Waals surface area (Å²) in [5, 5.41) is 0. The Morgan fingerprint density at radius 3 is 3.26 bits per heavy atom. The second-order valence-electron chi connectivity index (χ2n) is 4.31. The molecule has 0 aliphatic carbocycles. The molecule has 4 nitrogen and oxygen atoms in total. The molecule has 0 bridgehead atoms. The van der Waals surface area contributed by atoms with Crippen molar-refractivity contribution >= 4 is 11.6 Å². The minimum atomic E-state index is -3.01. The summed E-state index contributed by atoms with van der Waals surface area (Å²) in [5.74, 6) is -0.236. The van der Waals surface area contributed by atoms with Crippen molar-refractivity contribution in [1.82, 2.24) is 4.90 Å². The zero-order valence-electron chi connectivity index (χ0n) is 20.1. The Balaban J connectivity index is 2.20. The van der Waals surface area contributed by atoms with Gasteiger partial charge in [-0.1, -0.05) is 32.2 Å². The molecule has 2 rings (SSSR count). The van der Waals surface area contributed by atoms with Crippen LogP contribution in [0, 0.1) is 0 Å². The van der Waals surface area contributed by atoms with E-state index in [0.717, 1.165) is 0 Å². The summed E-state index contributed by atoms with van der Waals surface area (Å²) in [7, 11) is 0. The molecule has 0 N–H and O–H groups in total. The van der Waals surface area contributed by atoms with Crippen LogP contribution >= 0.6 is 0 Å². The summed E-state index contributed by atoms with van der Waals surface area (Å²) in [6, 6.07) is 0. The third-order valence-electron chi connectivity index (χ3n) is 2.76. The first kappa shape index (κ1) is 6.53. The molecule has 0 amide bonds. The van der Waals surface area contributed by atoms with Crippen LogP contribution in [-0.4, -0.2) is 49.8 Å². The minimum absolute atomic E-state index is 0.0449. The van der Waals surface area contributed by atoms with E-state index in [1.165, 1.54) is 4.90 Å². The van der Waals surface area contributed by atoms with E-state index in [-0.39, 0.29) is 31.2 Å². The van der Waals surface area contributed by atoms with Crippen LogP contribution in [0.5, 0.6) is 0 Å². The highest BCUT2D eigenvalue weighted by molar-refractivity contribution is 6.46. The van der Waals surface area contributed by atoms with Gasteiger partial charge in [0.1, 0.15) is 12.4 Å². The molecule has 0 atom stereocenters. The van der Waals surface area contributed by atoms with E-state index < -0.39 is 26.3 Å². The monoisotopic (exact) mass is 272 g/mol. The van der Waals surface area contributed by atoms with Gasteiger partial charge in [0.2, 0.25) is 5.90 Å². The van der Waals surface area contributed by atoms with E-state index in [2.05, 4.69) is 9.98 Å². The van der Waals surface area contributed by atoms with Crippen LogP contribution in [-0.2, 0) is 4.74 Å². The van der Waals surface area contributed by atoms with E-state index in [9.17, 15) is 0 Å². The van der Waals surface area contributed by atoms with E-state index >= 15 is 0 Å². The Morgan fingerprint density at radius 1 is 1.47 bits per heavy atom. The summed E-state index contributed by atoms with van der Waals surface area (Å²) in [6.07, 6.45) is -2.98. The van der Waals surface area contributed by atoms with Crippen LogP contribution in [0.4, 0.5) is 0 Å². The largest absolute Gasteiger partial charge is 0.476 e. The lowest BCUT2D eigenvalue weighted by Crippen LogP contribution is -2.31. The zero-order valence-corrected chi connectivity index (χ0v) is 11.1. The average molecular weight is 272 g/mol. The van der Waals surface area contributed by atoms with Gasteiger partial charge in [-0.2, -0.15) is 0 Å². The summed E-state index contributed by atoms with van der Waals surface area (Å²) in [4.78, 5) is 9.40.